The fourth-order valence-corrected chi connectivity index (χ4v) is 4.72. The Morgan fingerprint density at radius 1 is 1.23 bits per heavy atom. The first-order valence-corrected chi connectivity index (χ1v) is 12.0. The van der Waals surface area contributed by atoms with Crippen LogP contribution in [0, 0.1) is 0 Å². The van der Waals surface area contributed by atoms with Gasteiger partial charge < -0.3 is 9.72 Å². The van der Waals surface area contributed by atoms with Gasteiger partial charge in [-0.15, -0.1) is 0 Å². The Hall–Kier alpha value is -3.58. The molecule has 1 atom stereocenters. The van der Waals surface area contributed by atoms with Gasteiger partial charge in [-0.3, -0.25) is 19.2 Å². The van der Waals surface area contributed by atoms with Gasteiger partial charge in [-0.25, -0.2) is 4.79 Å². The number of nitrogens with zero attached hydrogens (tertiary/aromatic N) is 3. The van der Waals surface area contributed by atoms with Gasteiger partial charge in [0.1, 0.15) is 5.60 Å². The molecule has 2 aliphatic rings. The minimum Gasteiger partial charge on any atom is -0.443 e. The normalized spacial score (nSPS) is 17.0. The van der Waals surface area contributed by atoms with Crippen molar-refractivity contribution in [2.24, 2.45) is 0 Å². The summed E-state index contributed by atoms with van der Waals surface area (Å²) in [6.45, 7) is 8.26. The molecule has 35 heavy (non-hydrogen) atoms. The zero-order chi connectivity index (χ0) is 24.9. The van der Waals surface area contributed by atoms with Crippen molar-refractivity contribution in [2.75, 3.05) is 6.54 Å². The third kappa shape index (κ3) is 4.56. The van der Waals surface area contributed by atoms with Crippen molar-refractivity contribution in [1.29, 1.82) is 0 Å². The molecular formula is C27H27ClN4O3. The molecule has 0 saturated heterocycles. The van der Waals surface area contributed by atoms with Crippen LogP contribution in [0.15, 0.2) is 47.5 Å². The molecule has 1 N–H and O–H groups in total. The maximum absolute atomic E-state index is 13.0. The quantitative estimate of drug-likeness (QED) is 0.591. The number of hydrogen-bond donors (Lipinski definition) is 1. The van der Waals surface area contributed by atoms with E-state index in [-0.39, 0.29) is 17.6 Å². The van der Waals surface area contributed by atoms with Crippen molar-refractivity contribution >= 4 is 35.7 Å². The Labute approximate surface area is 208 Å². The van der Waals surface area contributed by atoms with Crippen LogP contribution in [0.5, 0.6) is 0 Å². The van der Waals surface area contributed by atoms with Crippen molar-refractivity contribution < 1.29 is 9.53 Å². The van der Waals surface area contributed by atoms with Gasteiger partial charge in [0.05, 0.1) is 16.1 Å². The first kappa shape index (κ1) is 23.2. The van der Waals surface area contributed by atoms with Gasteiger partial charge in [-0.2, -0.15) is 0 Å². The molecule has 3 aromatic heterocycles. The lowest BCUT2D eigenvalue weighted by Gasteiger charge is -2.27. The Morgan fingerprint density at radius 2 is 2.03 bits per heavy atom. The number of amides is 1. The zero-order valence-electron chi connectivity index (χ0n) is 20.1. The predicted octanol–water partition coefficient (Wildman–Crippen LogP) is 3.86. The minimum absolute atomic E-state index is 0.107. The highest BCUT2D eigenvalue weighted by molar-refractivity contribution is 6.30. The SMILES string of the molecule is CC1C=C(n2ccc(-c3ccc(Cl)cn3)cc2=O)C=c2[nH]c3c(c21)CCN(C(=O)OC(C)(C)C)C=3. The second-order valence-electron chi connectivity index (χ2n) is 9.91. The van der Waals surface area contributed by atoms with Gasteiger partial charge in [0, 0.05) is 53.7 Å². The van der Waals surface area contributed by atoms with Gasteiger partial charge in [0.15, 0.2) is 0 Å². The number of allylic oxidation sites excluding steroid dienone is 2. The van der Waals surface area contributed by atoms with E-state index in [1.165, 1.54) is 11.1 Å². The number of halogens is 1. The van der Waals surface area contributed by atoms with Crippen molar-refractivity contribution in [1.82, 2.24) is 19.4 Å². The predicted molar refractivity (Wildman–Crippen MR) is 137 cm³/mol. The average Bonchev–Trinajstić information content (AvgIpc) is 3.16. The van der Waals surface area contributed by atoms with Gasteiger partial charge >= 0.3 is 6.09 Å². The van der Waals surface area contributed by atoms with Crippen LogP contribution in [0.2, 0.25) is 5.02 Å². The Kier molecular flexibility index (Phi) is 5.68. The molecule has 180 valence electrons. The van der Waals surface area contributed by atoms with Crippen LogP contribution >= 0.6 is 11.6 Å². The van der Waals surface area contributed by atoms with Crippen molar-refractivity contribution in [3.63, 3.8) is 0 Å². The molecule has 1 amide bonds. The summed E-state index contributed by atoms with van der Waals surface area (Å²) in [5, 5.41) is 2.41. The number of pyridine rings is 2. The van der Waals surface area contributed by atoms with Crippen molar-refractivity contribution in [3.8, 4) is 11.3 Å². The number of hydrogen-bond acceptors (Lipinski definition) is 4. The van der Waals surface area contributed by atoms with Crippen LogP contribution in [0.4, 0.5) is 4.79 Å². The van der Waals surface area contributed by atoms with E-state index in [4.69, 9.17) is 16.3 Å². The second-order valence-corrected chi connectivity index (χ2v) is 10.3. The van der Waals surface area contributed by atoms with Gasteiger partial charge in [0.2, 0.25) is 0 Å². The Morgan fingerprint density at radius 3 is 2.71 bits per heavy atom. The first-order chi connectivity index (χ1) is 16.6. The number of carbonyl (C=O) groups excluding carboxylic acids is 1. The molecular weight excluding hydrogens is 464 g/mol. The van der Waals surface area contributed by atoms with Crippen LogP contribution in [-0.2, 0) is 11.2 Å². The van der Waals surface area contributed by atoms with E-state index < -0.39 is 5.60 Å². The summed E-state index contributed by atoms with van der Waals surface area (Å²) in [4.78, 5) is 34.9. The molecule has 1 aliphatic heterocycles. The zero-order valence-corrected chi connectivity index (χ0v) is 20.9. The van der Waals surface area contributed by atoms with Crippen LogP contribution < -0.4 is 16.3 Å². The molecule has 0 saturated carbocycles. The average molecular weight is 491 g/mol. The number of fused-ring (bicyclic) bond motifs is 3. The largest absolute Gasteiger partial charge is 0.443 e. The Balaban J connectivity index is 1.49. The Bertz CT molecular complexity index is 1520. The first-order valence-electron chi connectivity index (χ1n) is 11.6. The second kappa shape index (κ2) is 8.57. The molecule has 0 spiro atoms. The van der Waals surface area contributed by atoms with Crippen LogP contribution in [0.3, 0.4) is 0 Å². The monoisotopic (exact) mass is 490 g/mol. The number of ether oxygens (including phenoxy) is 1. The lowest BCUT2D eigenvalue weighted by molar-refractivity contribution is 0.0360. The molecule has 0 aromatic carbocycles. The summed E-state index contributed by atoms with van der Waals surface area (Å²) in [6.07, 6.45) is 9.63. The lowest BCUT2D eigenvalue weighted by atomic mass is 9.92. The van der Waals surface area contributed by atoms with E-state index in [1.807, 2.05) is 39.1 Å². The number of nitrogens with one attached hydrogen (secondary N) is 1. The molecule has 7 nitrogen and oxygen atoms in total. The van der Waals surface area contributed by atoms with E-state index in [0.717, 1.165) is 28.4 Å². The molecule has 3 aromatic rings. The van der Waals surface area contributed by atoms with E-state index in [1.54, 1.807) is 40.1 Å². The molecule has 5 rings (SSSR count). The molecule has 1 unspecified atom stereocenters. The summed E-state index contributed by atoms with van der Waals surface area (Å²) in [6, 6.07) is 7.00. The van der Waals surface area contributed by atoms with E-state index >= 15 is 0 Å². The fourth-order valence-electron chi connectivity index (χ4n) is 4.61. The van der Waals surface area contributed by atoms with E-state index in [9.17, 15) is 9.59 Å². The molecule has 0 radical (unpaired) electrons. The maximum Gasteiger partial charge on any atom is 0.414 e. The molecule has 8 heteroatoms. The maximum atomic E-state index is 13.0. The summed E-state index contributed by atoms with van der Waals surface area (Å²) in [5.41, 5.74) is 3.95. The van der Waals surface area contributed by atoms with E-state index in [0.29, 0.717) is 17.3 Å². The highest BCUT2D eigenvalue weighted by Gasteiger charge is 2.26. The smallest absolute Gasteiger partial charge is 0.414 e. The van der Waals surface area contributed by atoms with E-state index in [2.05, 4.69) is 23.0 Å². The lowest BCUT2D eigenvalue weighted by Crippen LogP contribution is -2.39. The molecule has 0 bridgehead atoms. The number of H-pyrrole nitrogens is 1. The van der Waals surface area contributed by atoms with Crippen molar-refractivity contribution in [3.05, 3.63) is 79.9 Å². The van der Waals surface area contributed by atoms with Gasteiger partial charge in [0.25, 0.3) is 5.56 Å². The van der Waals surface area contributed by atoms with Crippen molar-refractivity contribution in [2.45, 2.75) is 45.6 Å². The van der Waals surface area contributed by atoms with Crippen LogP contribution in [0.25, 0.3) is 29.2 Å². The third-order valence-corrected chi connectivity index (χ3v) is 6.34. The van der Waals surface area contributed by atoms with Crippen LogP contribution in [-0.4, -0.2) is 37.7 Å². The number of rotatable bonds is 2. The minimum atomic E-state index is -0.548. The topological polar surface area (TPSA) is 80.2 Å². The standard InChI is InChI=1S/C27H27ClN4O3/c1-16-11-19(32-10-7-17(12-24(32)33)21-6-5-18(28)14-29-21)13-22-25(16)20-8-9-31(15-23(20)30-22)26(34)35-27(2,3)4/h5-7,10-16,30H,8-9H2,1-4H3. The van der Waals surface area contributed by atoms with Gasteiger partial charge in [-0.05, 0) is 62.6 Å². The summed E-state index contributed by atoms with van der Waals surface area (Å²) < 4.78 is 7.16. The summed E-state index contributed by atoms with van der Waals surface area (Å²) >= 11 is 5.93. The molecule has 4 heterocycles. The third-order valence-electron chi connectivity index (χ3n) is 6.11. The number of carbonyl (C=O) groups is 1. The van der Waals surface area contributed by atoms with Crippen LogP contribution in [0.1, 0.15) is 44.7 Å². The summed E-state index contributed by atoms with van der Waals surface area (Å²) in [7, 11) is 0. The number of aromatic nitrogens is 3. The fraction of sp³-hybridized carbons (Fsp3) is 0.296. The molecule has 0 fully saturated rings. The highest BCUT2D eigenvalue weighted by atomic mass is 35.5. The highest BCUT2D eigenvalue weighted by Crippen LogP contribution is 2.26. The number of aromatic amines is 1. The van der Waals surface area contributed by atoms with Gasteiger partial charge in [-0.1, -0.05) is 24.6 Å². The summed E-state index contributed by atoms with van der Waals surface area (Å²) in [5.74, 6) is 0.107. The molecule has 1 aliphatic carbocycles.